The predicted molar refractivity (Wildman–Crippen MR) is 50.4 cm³/mol. The van der Waals surface area contributed by atoms with Crippen LogP contribution in [0.4, 0.5) is 0 Å². The minimum absolute atomic E-state index is 0.0250. The quantitative estimate of drug-likeness (QED) is 0.391. The number of hydrogen-bond donors (Lipinski definition) is 0. The van der Waals surface area contributed by atoms with Gasteiger partial charge in [0.25, 0.3) is 5.76 Å². The van der Waals surface area contributed by atoms with E-state index in [1.54, 1.807) is 6.92 Å². The van der Waals surface area contributed by atoms with Gasteiger partial charge in [0.05, 0.1) is 0 Å². The van der Waals surface area contributed by atoms with Crippen LogP contribution in [0.25, 0.3) is 0 Å². The van der Waals surface area contributed by atoms with Crippen LogP contribution in [-0.2, 0) is 28.9 Å². The maximum atomic E-state index is 11.1. The molecule has 86 valence electrons. The van der Waals surface area contributed by atoms with Crippen molar-refractivity contribution in [3.8, 4) is 0 Å². The molecule has 0 unspecified atom stereocenters. The summed E-state index contributed by atoms with van der Waals surface area (Å²) in [6, 6.07) is 0. The molecule has 1 aliphatic rings. The highest BCUT2D eigenvalue weighted by molar-refractivity contribution is 5.95. The summed E-state index contributed by atoms with van der Waals surface area (Å²) in [5.41, 5.74) is -0.0645. The molecular weight excluding hydrogens is 216 g/mol. The number of carbonyl (C=O) groups is 3. The lowest BCUT2D eigenvalue weighted by molar-refractivity contribution is -0.253. The number of rotatable bonds is 5. The van der Waals surface area contributed by atoms with Crippen LogP contribution in [0.2, 0.25) is 0 Å². The van der Waals surface area contributed by atoms with Crippen molar-refractivity contribution in [2.75, 3.05) is 0 Å². The number of Topliss-reactive ketones (excluding diaryl/α,β-unsaturated/α-hetero) is 1. The van der Waals surface area contributed by atoms with Gasteiger partial charge in [0.15, 0.2) is 0 Å². The summed E-state index contributed by atoms with van der Waals surface area (Å²) >= 11 is 0. The van der Waals surface area contributed by atoms with Crippen LogP contribution in [0.5, 0.6) is 0 Å². The van der Waals surface area contributed by atoms with E-state index >= 15 is 0 Å². The third-order valence-electron chi connectivity index (χ3n) is 1.72. The summed E-state index contributed by atoms with van der Waals surface area (Å²) in [5.74, 6) is -2.02. The van der Waals surface area contributed by atoms with E-state index in [1.807, 2.05) is 0 Å². The second-order valence-corrected chi connectivity index (χ2v) is 3.01. The highest BCUT2D eigenvalue weighted by Crippen LogP contribution is 2.15. The Bertz CT molecular complexity index is 379. The maximum absolute atomic E-state index is 11.1. The van der Waals surface area contributed by atoms with Gasteiger partial charge in [-0.25, -0.2) is 19.4 Å². The average molecular weight is 226 g/mol. The molecule has 0 saturated carbocycles. The summed E-state index contributed by atoms with van der Waals surface area (Å²) < 4.78 is 4.39. The molecule has 0 aromatic rings. The van der Waals surface area contributed by atoms with Gasteiger partial charge in [-0.05, 0) is 0 Å². The first kappa shape index (κ1) is 12.0. The minimum atomic E-state index is -0.948. The summed E-state index contributed by atoms with van der Waals surface area (Å²) in [4.78, 5) is 41.2. The topological polar surface area (TPSA) is 82.2 Å². The maximum Gasteiger partial charge on any atom is 0.424 e. The molecular formula is C10H10O6. The number of carbonyl (C=O) groups excluding carboxylic acids is 3. The molecule has 6 heteroatoms. The molecule has 0 aromatic heterocycles. The molecule has 0 radical (unpaired) electrons. The molecule has 0 fully saturated rings. The SMILES string of the molecule is C=C(CC(=O)CC)C(=O)OOC(=O)C1=CO1. The van der Waals surface area contributed by atoms with Crippen LogP contribution in [0.15, 0.2) is 24.2 Å². The first-order valence-electron chi connectivity index (χ1n) is 4.54. The zero-order valence-electron chi connectivity index (χ0n) is 8.65. The second-order valence-electron chi connectivity index (χ2n) is 3.01. The molecule has 16 heavy (non-hydrogen) atoms. The van der Waals surface area contributed by atoms with E-state index in [9.17, 15) is 14.4 Å². The molecule has 1 rings (SSSR count). The highest BCUT2D eigenvalue weighted by atomic mass is 17.2. The Kier molecular flexibility index (Phi) is 3.82. The van der Waals surface area contributed by atoms with Crippen LogP contribution >= 0.6 is 0 Å². The Balaban J connectivity index is 2.28. The monoisotopic (exact) mass is 226 g/mol. The van der Waals surface area contributed by atoms with E-state index in [0.29, 0.717) is 6.42 Å². The van der Waals surface area contributed by atoms with E-state index in [1.165, 1.54) is 0 Å². The van der Waals surface area contributed by atoms with Gasteiger partial charge in [-0.2, -0.15) is 0 Å². The Morgan fingerprint density at radius 1 is 1.38 bits per heavy atom. The van der Waals surface area contributed by atoms with Crippen molar-refractivity contribution in [1.29, 1.82) is 0 Å². The van der Waals surface area contributed by atoms with Crippen LogP contribution < -0.4 is 0 Å². The predicted octanol–water partition coefficient (Wildman–Crippen LogP) is 0.785. The highest BCUT2D eigenvalue weighted by Gasteiger charge is 2.25. The van der Waals surface area contributed by atoms with E-state index in [4.69, 9.17) is 0 Å². The van der Waals surface area contributed by atoms with Gasteiger partial charge in [-0.15, -0.1) is 0 Å². The van der Waals surface area contributed by atoms with E-state index in [-0.39, 0.29) is 23.5 Å². The van der Waals surface area contributed by atoms with Crippen LogP contribution in [0.1, 0.15) is 19.8 Å². The zero-order valence-corrected chi connectivity index (χ0v) is 8.65. The van der Waals surface area contributed by atoms with Gasteiger partial charge in [0, 0.05) is 18.4 Å². The lowest BCUT2D eigenvalue weighted by Gasteiger charge is -2.02. The van der Waals surface area contributed by atoms with Gasteiger partial charge in [0.2, 0.25) is 0 Å². The molecule has 0 atom stereocenters. The van der Waals surface area contributed by atoms with E-state index in [2.05, 4.69) is 21.1 Å². The standard InChI is InChI=1S/C10H10O6/c1-3-7(11)4-6(2)9(12)15-16-10(13)8-5-14-8/h5H,2-4H2,1H3. The lowest BCUT2D eigenvalue weighted by atomic mass is 10.1. The van der Waals surface area contributed by atoms with Crippen LogP contribution in [0, 0.1) is 0 Å². The van der Waals surface area contributed by atoms with Gasteiger partial charge in [0.1, 0.15) is 12.0 Å². The smallest absolute Gasteiger partial charge is 0.424 e. The van der Waals surface area contributed by atoms with Crippen molar-refractivity contribution >= 4 is 17.7 Å². The summed E-state index contributed by atoms with van der Waals surface area (Å²) in [6.07, 6.45) is 1.32. The van der Waals surface area contributed by atoms with Crippen molar-refractivity contribution in [2.24, 2.45) is 0 Å². The average Bonchev–Trinajstić information content (AvgIpc) is 3.08. The molecule has 1 aliphatic heterocycles. The fourth-order valence-electron chi connectivity index (χ4n) is 0.737. The normalized spacial score (nSPS) is 11.9. The fourth-order valence-corrected chi connectivity index (χ4v) is 0.737. The summed E-state index contributed by atoms with van der Waals surface area (Å²) in [6.45, 7) is 5.01. The number of hydrogen-bond acceptors (Lipinski definition) is 6. The van der Waals surface area contributed by atoms with Gasteiger partial charge in [-0.1, -0.05) is 13.5 Å². The molecule has 1 heterocycles. The number of ketones is 1. The summed E-state index contributed by atoms with van der Waals surface area (Å²) in [5, 5.41) is 0. The molecule has 0 saturated heterocycles. The van der Waals surface area contributed by atoms with Gasteiger partial charge < -0.3 is 4.74 Å². The van der Waals surface area contributed by atoms with Crippen molar-refractivity contribution in [3.63, 3.8) is 0 Å². The fraction of sp³-hybridized carbons (Fsp3) is 0.300. The summed E-state index contributed by atoms with van der Waals surface area (Å²) in [7, 11) is 0. The third-order valence-corrected chi connectivity index (χ3v) is 1.72. The molecule has 6 nitrogen and oxygen atoms in total. The molecule has 0 aliphatic carbocycles. The Hall–Kier alpha value is -2.11. The van der Waals surface area contributed by atoms with Gasteiger partial charge >= 0.3 is 11.9 Å². The van der Waals surface area contributed by atoms with E-state index in [0.717, 1.165) is 6.26 Å². The van der Waals surface area contributed by atoms with Crippen LogP contribution in [-0.4, -0.2) is 17.7 Å². The minimum Gasteiger partial charge on any atom is -0.450 e. The second kappa shape index (κ2) is 5.11. The van der Waals surface area contributed by atoms with Crippen LogP contribution in [0.3, 0.4) is 0 Å². The molecule has 0 amide bonds. The molecule has 0 N–H and O–H groups in total. The Labute approximate surface area is 91.4 Å². The van der Waals surface area contributed by atoms with Crippen molar-refractivity contribution in [1.82, 2.24) is 0 Å². The zero-order chi connectivity index (χ0) is 12.1. The molecule has 0 aromatic carbocycles. The van der Waals surface area contributed by atoms with Crippen molar-refractivity contribution in [2.45, 2.75) is 19.8 Å². The molecule has 0 bridgehead atoms. The number of ether oxygens (including phenoxy) is 1. The Morgan fingerprint density at radius 3 is 2.50 bits per heavy atom. The Morgan fingerprint density at radius 2 is 2.00 bits per heavy atom. The van der Waals surface area contributed by atoms with Crippen molar-refractivity contribution in [3.05, 3.63) is 24.2 Å². The van der Waals surface area contributed by atoms with Gasteiger partial charge in [-0.3, -0.25) is 4.79 Å². The van der Waals surface area contributed by atoms with Crippen molar-refractivity contribution < 1.29 is 28.9 Å². The lowest BCUT2D eigenvalue weighted by Crippen LogP contribution is -2.14. The first-order chi connectivity index (χ1) is 7.54. The first-order valence-corrected chi connectivity index (χ1v) is 4.54. The van der Waals surface area contributed by atoms with E-state index < -0.39 is 11.9 Å². The molecule has 0 spiro atoms. The third kappa shape index (κ3) is 3.56. The largest absolute Gasteiger partial charge is 0.450 e.